The zero-order valence-electron chi connectivity index (χ0n) is 17.5. The van der Waals surface area contributed by atoms with Gasteiger partial charge in [0.2, 0.25) is 5.75 Å². The van der Waals surface area contributed by atoms with E-state index in [1.54, 1.807) is 12.1 Å². The van der Waals surface area contributed by atoms with Crippen LogP contribution in [-0.2, 0) is 0 Å². The van der Waals surface area contributed by atoms with Crippen molar-refractivity contribution in [3.8, 4) is 17.2 Å². The summed E-state index contributed by atoms with van der Waals surface area (Å²) in [6.07, 6.45) is 4.75. The molecule has 3 rings (SSSR count). The van der Waals surface area contributed by atoms with E-state index in [2.05, 4.69) is 5.32 Å². The van der Waals surface area contributed by atoms with E-state index in [-0.39, 0.29) is 5.91 Å². The van der Waals surface area contributed by atoms with Crippen molar-refractivity contribution in [1.82, 2.24) is 10.2 Å². The summed E-state index contributed by atoms with van der Waals surface area (Å²) in [6.45, 7) is 9.97. The monoisotopic (exact) mass is 390 g/mol. The van der Waals surface area contributed by atoms with Crippen LogP contribution in [0.25, 0.3) is 0 Å². The lowest BCUT2D eigenvalue weighted by molar-refractivity contribution is 0.0704. The second kappa shape index (κ2) is 10.0. The van der Waals surface area contributed by atoms with Crippen molar-refractivity contribution in [1.29, 1.82) is 0 Å². The number of carbonyl (C=O) groups is 1. The van der Waals surface area contributed by atoms with Gasteiger partial charge in [0.1, 0.15) is 0 Å². The molecule has 0 unspecified atom stereocenters. The topological polar surface area (TPSA) is 60.0 Å². The molecule has 1 heterocycles. The van der Waals surface area contributed by atoms with Crippen LogP contribution in [0.5, 0.6) is 17.2 Å². The normalized spacial score (nSPS) is 17.5. The van der Waals surface area contributed by atoms with Gasteiger partial charge >= 0.3 is 0 Å². The molecule has 2 fully saturated rings. The lowest BCUT2D eigenvalue weighted by Crippen LogP contribution is -2.45. The zero-order chi connectivity index (χ0) is 19.9. The number of hydrogen-bond acceptors (Lipinski definition) is 5. The molecule has 28 heavy (non-hydrogen) atoms. The Kier molecular flexibility index (Phi) is 7.43. The fourth-order valence-corrected chi connectivity index (χ4v) is 3.64. The maximum absolute atomic E-state index is 13.1. The number of nitrogens with one attached hydrogen (secondary N) is 1. The highest BCUT2D eigenvalue weighted by molar-refractivity contribution is 5.95. The molecule has 6 nitrogen and oxygen atoms in total. The summed E-state index contributed by atoms with van der Waals surface area (Å²) in [5, 5.41) is 3.66. The van der Waals surface area contributed by atoms with Crippen LogP contribution < -0.4 is 19.5 Å². The zero-order valence-corrected chi connectivity index (χ0v) is 17.5. The standard InChI is InChI=1S/C22H34N2O4/c1-4-26-19-13-17(14-20(27-5-2)21(19)28-6-3)22(25)24-11-9-18(10-12-24)23-15-16-7-8-16/h13-14,16,18,23H,4-12,15H2,1-3H3. The summed E-state index contributed by atoms with van der Waals surface area (Å²) in [4.78, 5) is 15.1. The third-order valence-corrected chi connectivity index (χ3v) is 5.33. The fraction of sp³-hybridized carbons (Fsp3) is 0.682. The van der Waals surface area contributed by atoms with Gasteiger partial charge in [-0.1, -0.05) is 0 Å². The second-order valence-electron chi connectivity index (χ2n) is 7.52. The van der Waals surface area contributed by atoms with Gasteiger partial charge in [0.25, 0.3) is 5.91 Å². The van der Waals surface area contributed by atoms with Gasteiger partial charge in [-0.15, -0.1) is 0 Å². The van der Waals surface area contributed by atoms with Crippen molar-refractivity contribution >= 4 is 5.91 Å². The van der Waals surface area contributed by atoms with Gasteiger partial charge in [-0.2, -0.15) is 0 Å². The van der Waals surface area contributed by atoms with Gasteiger partial charge in [-0.3, -0.25) is 4.79 Å². The third-order valence-electron chi connectivity index (χ3n) is 5.33. The summed E-state index contributed by atoms with van der Waals surface area (Å²) in [5.74, 6) is 2.63. The molecule has 1 aliphatic heterocycles. The highest BCUT2D eigenvalue weighted by atomic mass is 16.5. The van der Waals surface area contributed by atoms with Crippen LogP contribution in [0.4, 0.5) is 0 Å². The van der Waals surface area contributed by atoms with Crippen molar-refractivity contribution in [2.24, 2.45) is 5.92 Å². The number of hydrogen-bond donors (Lipinski definition) is 1. The van der Waals surface area contributed by atoms with Crippen LogP contribution in [0.1, 0.15) is 56.8 Å². The van der Waals surface area contributed by atoms with Crippen molar-refractivity contribution in [3.63, 3.8) is 0 Å². The second-order valence-corrected chi connectivity index (χ2v) is 7.52. The Morgan fingerprint density at radius 3 is 2.04 bits per heavy atom. The first kappa shape index (κ1) is 20.8. The molecule has 1 N–H and O–H groups in total. The molecule has 0 aromatic heterocycles. The Labute approximate surface area is 168 Å². The van der Waals surface area contributed by atoms with Crippen LogP contribution in [-0.4, -0.2) is 56.3 Å². The smallest absolute Gasteiger partial charge is 0.254 e. The van der Waals surface area contributed by atoms with E-state index < -0.39 is 0 Å². The van der Waals surface area contributed by atoms with Gasteiger partial charge < -0.3 is 24.4 Å². The van der Waals surface area contributed by atoms with Crippen molar-refractivity contribution in [3.05, 3.63) is 17.7 Å². The molecule has 0 radical (unpaired) electrons. The minimum atomic E-state index is 0.0330. The highest BCUT2D eigenvalue weighted by Crippen LogP contribution is 2.39. The van der Waals surface area contributed by atoms with Crippen LogP contribution in [0.15, 0.2) is 12.1 Å². The van der Waals surface area contributed by atoms with Crippen molar-refractivity contribution in [2.75, 3.05) is 39.5 Å². The molecule has 1 aliphatic carbocycles. The Balaban J connectivity index is 1.69. The number of carbonyl (C=O) groups excluding carboxylic acids is 1. The summed E-state index contributed by atoms with van der Waals surface area (Å²) >= 11 is 0. The first-order valence-corrected chi connectivity index (χ1v) is 10.7. The predicted molar refractivity (Wildman–Crippen MR) is 110 cm³/mol. The first-order chi connectivity index (χ1) is 13.7. The van der Waals surface area contributed by atoms with Crippen LogP contribution in [0.3, 0.4) is 0 Å². The third kappa shape index (κ3) is 5.31. The highest BCUT2D eigenvalue weighted by Gasteiger charge is 2.27. The minimum absolute atomic E-state index is 0.0330. The summed E-state index contributed by atoms with van der Waals surface area (Å²) in [7, 11) is 0. The van der Waals surface area contributed by atoms with Gasteiger partial charge in [0, 0.05) is 24.7 Å². The molecular formula is C22H34N2O4. The maximum atomic E-state index is 13.1. The Morgan fingerprint density at radius 2 is 1.54 bits per heavy atom. The lowest BCUT2D eigenvalue weighted by atomic mass is 10.0. The molecule has 1 aromatic rings. The minimum Gasteiger partial charge on any atom is -0.490 e. The van der Waals surface area contributed by atoms with Gasteiger partial charge in [-0.05, 0) is 71.0 Å². The lowest BCUT2D eigenvalue weighted by Gasteiger charge is -2.33. The van der Waals surface area contributed by atoms with E-state index in [4.69, 9.17) is 14.2 Å². The number of ether oxygens (including phenoxy) is 3. The van der Waals surface area contributed by atoms with E-state index in [1.165, 1.54) is 12.8 Å². The molecule has 2 aliphatic rings. The quantitative estimate of drug-likeness (QED) is 0.663. The predicted octanol–water partition coefficient (Wildman–Crippen LogP) is 3.49. The average molecular weight is 391 g/mol. The number of benzene rings is 1. The van der Waals surface area contributed by atoms with Crippen molar-refractivity contribution < 1.29 is 19.0 Å². The molecular weight excluding hydrogens is 356 g/mol. The largest absolute Gasteiger partial charge is 0.490 e. The molecule has 0 atom stereocenters. The summed E-state index contributed by atoms with van der Waals surface area (Å²) < 4.78 is 17.2. The van der Waals surface area contributed by atoms with Crippen LogP contribution in [0, 0.1) is 5.92 Å². The van der Waals surface area contributed by atoms with Crippen LogP contribution in [0.2, 0.25) is 0 Å². The summed E-state index contributed by atoms with van der Waals surface area (Å²) in [6, 6.07) is 4.11. The van der Waals surface area contributed by atoms with Crippen LogP contribution >= 0.6 is 0 Å². The molecule has 1 amide bonds. The Hall–Kier alpha value is -1.95. The molecule has 1 aromatic carbocycles. The maximum Gasteiger partial charge on any atom is 0.254 e. The number of likely N-dealkylation sites (tertiary alicyclic amines) is 1. The molecule has 156 valence electrons. The first-order valence-electron chi connectivity index (χ1n) is 10.7. The van der Waals surface area contributed by atoms with Gasteiger partial charge in [0.05, 0.1) is 19.8 Å². The number of rotatable bonds is 10. The van der Waals surface area contributed by atoms with E-state index in [1.807, 2.05) is 25.7 Å². The molecule has 0 spiro atoms. The van der Waals surface area contributed by atoms with E-state index in [0.29, 0.717) is 48.7 Å². The summed E-state index contributed by atoms with van der Waals surface area (Å²) in [5.41, 5.74) is 0.597. The van der Waals surface area contributed by atoms with Gasteiger partial charge in [0.15, 0.2) is 11.5 Å². The Bertz CT molecular complexity index is 625. The van der Waals surface area contributed by atoms with E-state index in [0.717, 1.165) is 38.4 Å². The average Bonchev–Trinajstić information content (AvgIpc) is 3.53. The van der Waals surface area contributed by atoms with Gasteiger partial charge in [-0.25, -0.2) is 0 Å². The molecule has 1 saturated heterocycles. The number of piperidine rings is 1. The number of nitrogens with zero attached hydrogens (tertiary/aromatic N) is 1. The van der Waals surface area contributed by atoms with Crippen molar-refractivity contribution in [2.45, 2.75) is 52.5 Å². The molecule has 0 bridgehead atoms. The number of amides is 1. The molecule has 1 saturated carbocycles. The molecule has 6 heteroatoms. The van der Waals surface area contributed by atoms with E-state index in [9.17, 15) is 4.79 Å². The SMILES string of the molecule is CCOc1cc(C(=O)N2CCC(NCC3CC3)CC2)cc(OCC)c1OCC. The Morgan fingerprint density at radius 1 is 0.964 bits per heavy atom. The van der Waals surface area contributed by atoms with E-state index >= 15 is 0 Å². The fourth-order valence-electron chi connectivity index (χ4n) is 3.64.